The first-order chi connectivity index (χ1) is 10.3. The second-order valence-electron chi connectivity index (χ2n) is 4.71. The van der Waals surface area contributed by atoms with E-state index < -0.39 is 20.8 Å². The molecule has 0 bridgehead atoms. The fourth-order valence-corrected chi connectivity index (χ4v) is 4.30. The molecule has 1 aromatic carbocycles. The maximum atomic E-state index is 12.6. The van der Waals surface area contributed by atoms with Crippen LogP contribution in [0.3, 0.4) is 0 Å². The lowest BCUT2D eigenvalue weighted by atomic mass is 10.0. The number of fused-ring (bicyclic) bond motifs is 1. The van der Waals surface area contributed by atoms with E-state index in [0.717, 1.165) is 4.31 Å². The molecule has 0 spiro atoms. The van der Waals surface area contributed by atoms with Gasteiger partial charge in [-0.25, -0.2) is 8.42 Å². The highest BCUT2D eigenvalue weighted by Crippen LogP contribution is 2.44. The molecule has 0 saturated carbocycles. The first-order valence-electron chi connectivity index (χ1n) is 6.59. The molecule has 0 fully saturated rings. The van der Waals surface area contributed by atoms with Gasteiger partial charge in [-0.3, -0.25) is 9.10 Å². The Bertz CT molecular complexity index is 768. The minimum atomic E-state index is -3.98. The molecule has 2 N–H and O–H groups in total. The van der Waals surface area contributed by atoms with Crippen LogP contribution in [0.15, 0.2) is 17.0 Å². The number of benzene rings is 1. The molecule has 0 aliphatic carbocycles. The molecule has 22 heavy (non-hydrogen) atoms. The number of anilines is 1. The lowest BCUT2D eigenvalue weighted by Gasteiger charge is -2.31. The van der Waals surface area contributed by atoms with Crippen LogP contribution in [0, 0.1) is 0 Å². The predicted octanol–water partition coefficient (Wildman–Crippen LogP) is 1.09. The quantitative estimate of drug-likeness (QED) is 0.893. The molecule has 0 aromatic heterocycles. The van der Waals surface area contributed by atoms with Gasteiger partial charge in [-0.05, 0) is 25.5 Å². The third-order valence-electron chi connectivity index (χ3n) is 3.57. The third kappa shape index (κ3) is 2.19. The van der Waals surface area contributed by atoms with Gasteiger partial charge in [0.2, 0.25) is 0 Å². The number of nitrogens with two attached hydrogens (primary N) is 1. The zero-order valence-corrected chi connectivity index (χ0v) is 13.7. The Hall–Kier alpha value is -2.22. The molecule has 7 nitrogen and oxygen atoms in total. The van der Waals surface area contributed by atoms with Crippen LogP contribution in [0.25, 0.3) is 5.57 Å². The Kier molecular flexibility index (Phi) is 4.06. The average molecular weight is 326 g/mol. The van der Waals surface area contributed by atoms with Crippen LogP contribution < -0.4 is 19.5 Å². The van der Waals surface area contributed by atoms with E-state index in [1.54, 1.807) is 26.0 Å². The van der Waals surface area contributed by atoms with Crippen LogP contribution in [0.1, 0.15) is 19.4 Å². The van der Waals surface area contributed by atoms with Crippen molar-refractivity contribution >= 4 is 27.2 Å². The number of hydrogen-bond donors (Lipinski definition) is 1. The molecule has 1 amide bonds. The van der Waals surface area contributed by atoms with Gasteiger partial charge in [0.05, 0.1) is 19.9 Å². The van der Waals surface area contributed by atoms with Crippen molar-refractivity contribution in [1.29, 1.82) is 0 Å². The smallest absolute Gasteiger partial charge is 0.270 e. The number of allylic oxidation sites excluding steroid dienone is 1. The summed E-state index contributed by atoms with van der Waals surface area (Å²) in [5, 5.41) is 0. The van der Waals surface area contributed by atoms with Crippen molar-refractivity contribution in [3.05, 3.63) is 22.6 Å². The SMILES string of the molecule is CCN1c2cc(OC)c(OC)cc2C(C)=C(C(N)=O)S1(=O)=O. The van der Waals surface area contributed by atoms with Crippen molar-refractivity contribution in [1.82, 2.24) is 0 Å². The third-order valence-corrected chi connectivity index (χ3v) is 5.63. The number of hydrogen-bond acceptors (Lipinski definition) is 5. The van der Waals surface area contributed by atoms with Crippen molar-refractivity contribution in [2.75, 3.05) is 25.1 Å². The molecule has 1 aromatic rings. The van der Waals surface area contributed by atoms with Crippen LogP contribution in [-0.4, -0.2) is 35.1 Å². The minimum Gasteiger partial charge on any atom is -0.493 e. The Morgan fingerprint density at radius 1 is 1.23 bits per heavy atom. The van der Waals surface area contributed by atoms with Gasteiger partial charge in [0.25, 0.3) is 15.9 Å². The van der Waals surface area contributed by atoms with Crippen LogP contribution in [0.4, 0.5) is 5.69 Å². The molecule has 0 radical (unpaired) electrons. The number of rotatable bonds is 4. The summed E-state index contributed by atoms with van der Waals surface area (Å²) in [6.45, 7) is 3.39. The van der Waals surface area contributed by atoms with Gasteiger partial charge in [0, 0.05) is 18.2 Å². The summed E-state index contributed by atoms with van der Waals surface area (Å²) in [5.41, 5.74) is 6.58. The van der Waals surface area contributed by atoms with Crippen molar-refractivity contribution in [3.63, 3.8) is 0 Å². The number of ether oxygens (including phenoxy) is 2. The molecule has 0 atom stereocenters. The summed E-state index contributed by atoms with van der Waals surface area (Å²) < 4.78 is 36.8. The van der Waals surface area contributed by atoms with Gasteiger partial charge in [0.15, 0.2) is 16.4 Å². The molecule has 1 heterocycles. The molecule has 120 valence electrons. The van der Waals surface area contributed by atoms with E-state index in [1.165, 1.54) is 14.2 Å². The summed E-state index contributed by atoms with van der Waals surface area (Å²) in [7, 11) is -1.03. The zero-order valence-electron chi connectivity index (χ0n) is 12.8. The molecule has 1 aliphatic heterocycles. The van der Waals surface area contributed by atoms with Gasteiger partial charge in [-0.1, -0.05) is 0 Å². The number of carbonyl (C=O) groups excluding carboxylic acids is 1. The van der Waals surface area contributed by atoms with Gasteiger partial charge < -0.3 is 15.2 Å². The fourth-order valence-electron chi connectivity index (χ4n) is 2.58. The number of amides is 1. The summed E-state index contributed by atoms with van der Waals surface area (Å²) >= 11 is 0. The van der Waals surface area contributed by atoms with Crippen LogP contribution in [-0.2, 0) is 14.8 Å². The van der Waals surface area contributed by atoms with E-state index >= 15 is 0 Å². The standard InChI is InChI=1S/C14H18N2O5S/c1-5-16-10-7-12(21-4)11(20-3)6-9(10)8(2)13(14(15)17)22(16,18)19/h6-7H,5H2,1-4H3,(H2,15,17). The second-order valence-corrected chi connectivity index (χ2v) is 6.51. The van der Waals surface area contributed by atoms with E-state index in [9.17, 15) is 13.2 Å². The van der Waals surface area contributed by atoms with Crippen molar-refractivity contribution < 1.29 is 22.7 Å². The maximum absolute atomic E-state index is 12.6. The minimum absolute atomic E-state index is 0.162. The number of sulfonamides is 1. The largest absolute Gasteiger partial charge is 0.493 e. The van der Waals surface area contributed by atoms with Crippen molar-refractivity contribution in [3.8, 4) is 11.5 Å². The van der Waals surface area contributed by atoms with Crippen LogP contribution in [0.5, 0.6) is 11.5 Å². The Balaban J connectivity index is 2.89. The van der Waals surface area contributed by atoms with Gasteiger partial charge >= 0.3 is 0 Å². The number of nitrogens with zero attached hydrogens (tertiary/aromatic N) is 1. The predicted molar refractivity (Wildman–Crippen MR) is 83.3 cm³/mol. The molecular formula is C14H18N2O5S. The summed E-state index contributed by atoms with van der Waals surface area (Å²) in [4.78, 5) is 11.2. The molecule has 0 unspecified atom stereocenters. The maximum Gasteiger partial charge on any atom is 0.270 e. The van der Waals surface area contributed by atoms with Gasteiger partial charge in [0.1, 0.15) is 0 Å². The Morgan fingerprint density at radius 2 is 1.77 bits per heavy atom. The average Bonchev–Trinajstić information content (AvgIpc) is 2.45. The lowest BCUT2D eigenvalue weighted by Crippen LogP contribution is -2.39. The van der Waals surface area contributed by atoms with Gasteiger partial charge in [-0.2, -0.15) is 0 Å². The summed E-state index contributed by atoms with van der Waals surface area (Å²) in [6.07, 6.45) is 0. The molecular weight excluding hydrogens is 308 g/mol. The highest BCUT2D eigenvalue weighted by Gasteiger charge is 2.38. The highest BCUT2D eigenvalue weighted by molar-refractivity contribution is 7.97. The van der Waals surface area contributed by atoms with E-state index in [4.69, 9.17) is 15.2 Å². The summed E-state index contributed by atoms with van der Waals surface area (Å²) in [5.74, 6) is -0.124. The van der Waals surface area contributed by atoms with Crippen LogP contribution >= 0.6 is 0 Å². The number of methoxy groups -OCH3 is 2. The molecule has 2 rings (SSSR count). The number of carbonyl (C=O) groups is 1. The second kappa shape index (κ2) is 5.53. The summed E-state index contributed by atoms with van der Waals surface area (Å²) in [6, 6.07) is 3.22. The monoisotopic (exact) mass is 326 g/mol. The van der Waals surface area contributed by atoms with E-state index in [-0.39, 0.29) is 6.54 Å². The molecule has 8 heteroatoms. The zero-order chi connectivity index (χ0) is 16.7. The van der Waals surface area contributed by atoms with E-state index in [0.29, 0.717) is 28.3 Å². The Labute approximate surface area is 129 Å². The number of primary amides is 1. The lowest BCUT2D eigenvalue weighted by molar-refractivity contribution is -0.113. The topological polar surface area (TPSA) is 98.9 Å². The van der Waals surface area contributed by atoms with Gasteiger partial charge in [-0.15, -0.1) is 0 Å². The fraction of sp³-hybridized carbons (Fsp3) is 0.357. The van der Waals surface area contributed by atoms with Crippen molar-refractivity contribution in [2.24, 2.45) is 5.73 Å². The van der Waals surface area contributed by atoms with Crippen LogP contribution in [0.2, 0.25) is 0 Å². The van der Waals surface area contributed by atoms with Crippen molar-refractivity contribution in [2.45, 2.75) is 13.8 Å². The highest BCUT2D eigenvalue weighted by atomic mass is 32.2. The first-order valence-corrected chi connectivity index (χ1v) is 8.03. The normalized spacial score (nSPS) is 16.3. The molecule has 1 aliphatic rings. The van der Waals surface area contributed by atoms with E-state index in [2.05, 4.69) is 0 Å². The first kappa shape index (κ1) is 16.2. The Morgan fingerprint density at radius 3 is 2.23 bits per heavy atom. The molecule has 0 saturated heterocycles. The van der Waals surface area contributed by atoms with E-state index in [1.807, 2.05) is 0 Å².